The van der Waals surface area contributed by atoms with E-state index in [1.54, 1.807) is 6.39 Å². The Morgan fingerprint density at radius 3 is 2.92 bits per heavy atom. The van der Waals surface area contributed by atoms with Crippen molar-refractivity contribution in [3.05, 3.63) is 17.8 Å². The van der Waals surface area contributed by atoms with Crippen LogP contribution in [0.15, 0.2) is 10.8 Å². The third-order valence-corrected chi connectivity index (χ3v) is 3.99. The second-order valence-corrected chi connectivity index (χ2v) is 4.86. The Morgan fingerprint density at radius 2 is 2.31 bits per heavy atom. The molecule has 3 heteroatoms. The standard InChI is InChI=1S/C10H15NOS/c1-8-10(11-7-12-8)6-13-9-4-2-3-5-9/h7,9H,2-6H2,1H3. The van der Waals surface area contributed by atoms with E-state index in [0.29, 0.717) is 0 Å². The van der Waals surface area contributed by atoms with Crippen LogP contribution in [-0.4, -0.2) is 10.2 Å². The van der Waals surface area contributed by atoms with Crippen LogP contribution in [0.25, 0.3) is 0 Å². The van der Waals surface area contributed by atoms with Gasteiger partial charge in [0.2, 0.25) is 0 Å². The quantitative estimate of drug-likeness (QED) is 0.744. The lowest BCUT2D eigenvalue weighted by atomic mass is 10.4. The van der Waals surface area contributed by atoms with Crippen molar-refractivity contribution < 1.29 is 4.42 Å². The van der Waals surface area contributed by atoms with E-state index in [0.717, 1.165) is 22.5 Å². The van der Waals surface area contributed by atoms with E-state index in [1.807, 2.05) is 18.7 Å². The highest BCUT2D eigenvalue weighted by molar-refractivity contribution is 7.99. The molecule has 0 atom stereocenters. The van der Waals surface area contributed by atoms with Crippen LogP contribution in [0.1, 0.15) is 37.1 Å². The first-order chi connectivity index (χ1) is 6.36. The molecule has 13 heavy (non-hydrogen) atoms. The summed E-state index contributed by atoms with van der Waals surface area (Å²) in [6.45, 7) is 1.98. The molecule has 0 saturated heterocycles. The molecule has 1 heterocycles. The summed E-state index contributed by atoms with van der Waals surface area (Å²) in [7, 11) is 0. The molecule has 0 aliphatic heterocycles. The Balaban J connectivity index is 1.82. The molecule has 0 bridgehead atoms. The first-order valence-electron chi connectivity index (χ1n) is 4.87. The highest BCUT2D eigenvalue weighted by atomic mass is 32.2. The maximum atomic E-state index is 5.16. The van der Waals surface area contributed by atoms with Gasteiger partial charge in [0.25, 0.3) is 0 Å². The number of aryl methyl sites for hydroxylation is 1. The summed E-state index contributed by atoms with van der Waals surface area (Å²) in [4.78, 5) is 4.19. The zero-order chi connectivity index (χ0) is 9.10. The lowest BCUT2D eigenvalue weighted by Gasteiger charge is -2.06. The third-order valence-electron chi connectivity index (χ3n) is 2.60. The Bertz CT molecular complexity index is 266. The van der Waals surface area contributed by atoms with Crippen LogP contribution < -0.4 is 0 Å². The molecular formula is C10H15NOS. The number of thioether (sulfide) groups is 1. The van der Waals surface area contributed by atoms with E-state index in [9.17, 15) is 0 Å². The molecule has 1 aromatic rings. The summed E-state index contributed by atoms with van der Waals surface area (Å²) in [5.41, 5.74) is 1.12. The van der Waals surface area contributed by atoms with Crippen LogP contribution in [-0.2, 0) is 5.75 Å². The fourth-order valence-corrected chi connectivity index (χ4v) is 3.06. The predicted molar refractivity (Wildman–Crippen MR) is 54.8 cm³/mol. The summed E-state index contributed by atoms with van der Waals surface area (Å²) >= 11 is 2.03. The predicted octanol–water partition coefficient (Wildman–Crippen LogP) is 3.16. The van der Waals surface area contributed by atoms with Gasteiger partial charge >= 0.3 is 0 Å². The second kappa shape index (κ2) is 4.18. The number of nitrogens with zero attached hydrogens (tertiary/aromatic N) is 1. The van der Waals surface area contributed by atoms with Gasteiger partial charge in [-0.15, -0.1) is 0 Å². The van der Waals surface area contributed by atoms with Crippen molar-refractivity contribution in [3.8, 4) is 0 Å². The molecular weight excluding hydrogens is 182 g/mol. The van der Waals surface area contributed by atoms with Gasteiger partial charge in [-0.2, -0.15) is 11.8 Å². The monoisotopic (exact) mass is 197 g/mol. The summed E-state index contributed by atoms with van der Waals surface area (Å²) in [6.07, 6.45) is 7.15. The zero-order valence-corrected chi connectivity index (χ0v) is 8.77. The van der Waals surface area contributed by atoms with Crippen molar-refractivity contribution in [1.29, 1.82) is 0 Å². The average Bonchev–Trinajstić information content (AvgIpc) is 2.72. The maximum Gasteiger partial charge on any atom is 0.181 e. The Morgan fingerprint density at radius 1 is 1.54 bits per heavy atom. The van der Waals surface area contributed by atoms with E-state index in [2.05, 4.69) is 4.98 Å². The summed E-state index contributed by atoms with van der Waals surface area (Å²) < 4.78 is 5.16. The molecule has 2 rings (SSSR count). The molecule has 2 nitrogen and oxygen atoms in total. The smallest absolute Gasteiger partial charge is 0.181 e. The van der Waals surface area contributed by atoms with Crippen molar-refractivity contribution in [2.24, 2.45) is 0 Å². The molecule has 1 saturated carbocycles. The molecule has 1 fully saturated rings. The Labute approximate surface area is 83.1 Å². The highest BCUT2D eigenvalue weighted by Gasteiger charge is 2.16. The number of rotatable bonds is 3. The molecule has 0 aromatic carbocycles. The van der Waals surface area contributed by atoms with E-state index in [1.165, 1.54) is 25.7 Å². The van der Waals surface area contributed by atoms with E-state index < -0.39 is 0 Å². The molecule has 1 aromatic heterocycles. The van der Waals surface area contributed by atoms with Crippen molar-refractivity contribution in [3.63, 3.8) is 0 Å². The van der Waals surface area contributed by atoms with Crippen molar-refractivity contribution >= 4 is 11.8 Å². The molecule has 0 N–H and O–H groups in total. The topological polar surface area (TPSA) is 26.0 Å². The largest absolute Gasteiger partial charge is 0.448 e. The SMILES string of the molecule is Cc1ocnc1CSC1CCCC1. The lowest BCUT2D eigenvalue weighted by molar-refractivity contribution is 0.525. The number of oxazole rings is 1. The van der Waals surface area contributed by atoms with Gasteiger partial charge < -0.3 is 4.42 Å². The molecule has 0 unspecified atom stereocenters. The number of aromatic nitrogens is 1. The normalized spacial score (nSPS) is 18.2. The fraction of sp³-hybridized carbons (Fsp3) is 0.700. The van der Waals surface area contributed by atoms with Crippen molar-refractivity contribution in [2.75, 3.05) is 0 Å². The minimum absolute atomic E-state index is 0.871. The van der Waals surface area contributed by atoms with Gasteiger partial charge in [0, 0.05) is 11.0 Å². The van der Waals surface area contributed by atoms with Crippen LogP contribution in [0, 0.1) is 6.92 Å². The first kappa shape index (κ1) is 9.13. The minimum Gasteiger partial charge on any atom is -0.448 e. The maximum absolute atomic E-state index is 5.16. The Hall–Kier alpha value is -0.440. The molecule has 0 spiro atoms. The van der Waals surface area contributed by atoms with Gasteiger partial charge in [0.1, 0.15) is 5.76 Å². The molecule has 1 aliphatic rings. The van der Waals surface area contributed by atoms with E-state index in [4.69, 9.17) is 4.42 Å². The van der Waals surface area contributed by atoms with Crippen LogP contribution in [0.5, 0.6) is 0 Å². The fourth-order valence-electron chi connectivity index (χ4n) is 1.72. The van der Waals surface area contributed by atoms with Gasteiger partial charge in [-0.1, -0.05) is 12.8 Å². The first-order valence-corrected chi connectivity index (χ1v) is 5.91. The summed E-state index contributed by atoms with van der Waals surface area (Å²) in [5, 5.41) is 0.871. The highest BCUT2D eigenvalue weighted by Crippen LogP contribution is 2.31. The minimum atomic E-state index is 0.871. The molecule has 0 amide bonds. The summed E-state index contributed by atoms with van der Waals surface area (Å²) in [5.74, 6) is 2.00. The van der Waals surface area contributed by atoms with E-state index >= 15 is 0 Å². The second-order valence-electron chi connectivity index (χ2n) is 3.57. The number of hydrogen-bond acceptors (Lipinski definition) is 3. The molecule has 1 aliphatic carbocycles. The van der Waals surface area contributed by atoms with Crippen molar-refractivity contribution in [1.82, 2.24) is 4.98 Å². The van der Waals surface area contributed by atoms with Gasteiger partial charge in [-0.25, -0.2) is 4.98 Å². The lowest BCUT2D eigenvalue weighted by Crippen LogP contribution is -1.95. The van der Waals surface area contributed by atoms with E-state index in [-0.39, 0.29) is 0 Å². The van der Waals surface area contributed by atoms with Gasteiger partial charge in [0.05, 0.1) is 5.69 Å². The summed E-state index contributed by atoms with van der Waals surface area (Å²) in [6, 6.07) is 0. The number of hydrogen-bond donors (Lipinski definition) is 0. The van der Waals surface area contributed by atoms with Crippen LogP contribution in [0.4, 0.5) is 0 Å². The van der Waals surface area contributed by atoms with Crippen LogP contribution in [0.2, 0.25) is 0 Å². The molecule has 72 valence electrons. The third kappa shape index (κ3) is 2.27. The van der Waals surface area contributed by atoms with Crippen LogP contribution >= 0.6 is 11.8 Å². The zero-order valence-electron chi connectivity index (χ0n) is 7.95. The van der Waals surface area contributed by atoms with Gasteiger partial charge in [-0.3, -0.25) is 0 Å². The van der Waals surface area contributed by atoms with Gasteiger partial charge in [0.15, 0.2) is 6.39 Å². The van der Waals surface area contributed by atoms with Gasteiger partial charge in [-0.05, 0) is 19.8 Å². The van der Waals surface area contributed by atoms with Crippen molar-refractivity contribution in [2.45, 2.75) is 43.6 Å². The molecule has 0 radical (unpaired) electrons. The Kier molecular flexibility index (Phi) is 2.94. The van der Waals surface area contributed by atoms with Crippen LogP contribution in [0.3, 0.4) is 0 Å². The average molecular weight is 197 g/mol.